The van der Waals surface area contributed by atoms with Gasteiger partial charge in [-0.05, 0) is 120 Å². The van der Waals surface area contributed by atoms with E-state index in [1.54, 1.807) is 36.8 Å². The molecule has 9 nitrogen and oxygen atoms in total. The van der Waals surface area contributed by atoms with Gasteiger partial charge in [0.05, 0.1) is 0 Å². The van der Waals surface area contributed by atoms with Crippen LogP contribution in [0.1, 0.15) is 50.3 Å². The topological polar surface area (TPSA) is 118 Å². The summed E-state index contributed by atoms with van der Waals surface area (Å²) < 4.78 is 19.7. The Bertz CT molecular complexity index is 3960. The standard InChI is InChI=1S/C78H54N3O6.Ir/c82-76(67-37-34-61(73-31-10-13-40-79-73)46-70(67)58-28-16-25-55(43-58)52-19-4-1-5-20-52)85-64-49-65(86-77(83)68-38-35-62(74-32-11-14-41-80-74)47-71(68)59-29-17-26-56(44-59)53-21-6-2-7-22-53)51-66(50-64)87-78(84)69-39-36-63(75-33-12-15-42-81-75)48-72(69)60-30-18-27-57(45-60)54-23-8-3-9-24-54;/h1-33,37-48,64-66H,49-51H2;/q-3;+3. The van der Waals surface area contributed by atoms with Crippen LogP contribution in [0.5, 0.6) is 0 Å². The Balaban J connectivity index is 0.00000754. The van der Waals surface area contributed by atoms with Crippen molar-refractivity contribution >= 4 is 17.9 Å². The number of nitrogens with zero attached hydrogens (tertiary/aromatic N) is 3. The minimum atomic E-state index is -0.888. The number of hydrogen-bond acceptors (Lipinski definition) is 9. The number of esters is 3. The zero-order chi connectivity index (χ0) is 58.9. The molecular formula is C78H54IrN3O6. The van der Waals surface area contributed by atoms with Crippen LogP contribution in [0, 0.1) is 18.2 Å². The summed E-state index contributed by atoms with van der Waals surface area (Å²) in [6.45, 7) is 0. The molecule has 426 valence electrons. The predicted molar refractivity (Wildman–Crippen MR) is 340 cm³/mol. The first-order chi connectivity index (χ1) is 42.8. The van der Waals surface area contributed by atoms with E-state index in [-0.39, 0.29) is 56.1 Å². The third-order valence-corrected chi connectivity index (χ3v) is 15.6. The molecule has 3 aromatic heterocycles. The van der Waals surface area contributed by atoms with E-state index in [9.17, 15) is 0 Å². The van der Waals surface area contributed by atoms with Gasteiger partial charge >= 0.3 is 20.1 Å². The van der Waals surface area contributed by atoms with Gasteiger partial charge in [0, 0.05) is 37.9 Å². The Kier molecular flexibility index (Phi) is 17.6. The Morgan fingerprint density at radius 2 is 0.568 bits per heavy atom. The summed E-state index contributed by atoms with van der Waals surface area (Å²) in [4.78, 5) is 59.0. The number of rotatable bonds is 15. The summed E-state index contributed by atoms with van der Waals surface area (Å²) >= 11 is 0. The molecule has 88 heavy (non-hydrogen) atoms. The van der Waals surface area contributed by atoms with E-state index in [0.29, 0.717) is 50.5 Å². The van der Waals surface area contributed by atoms with Crippen molar-refractivity contribution in [2.75, 3.05) is 0 Å². The average molecular weight is 1320 g/mol. The normalized spacial score (nSPS) is 14.4. The van der Waals surface area contributed by atoms with Crippen molar-refractivity contribution in [3.8, 4) is 101 Å². The van der Waals surface area contributed by atoms with Gasteiger partial charge < -0.3 is 29.2 Å². The predicted octanol–water partition coefficient (Wildman–Crippen LogP) is 17.4. The molecule has 10 heteroatoms. The molecule has 1 saturated carbocycles. The number of hydrogen-bond donors (Lipinski definition) is 0. The number of ether oxygens (including phenoxy) is 3. The molecule has 0 unspecified atom stereocenters. The van der Waals surface area contributed by atoms with Crippen molar-refractivity contribution < 1.29 is 48.7 Å². The molecule has 12 aromatic rings. The van der Waals surface area contributed by atoms with Crippen molar-refractivity contribution in [2.45, 2.75) is 37.6 Å². The van der Waals surface area contributed by atoms with Gasteiger partial charge in [-0.1, -0.05) is 199 Å². The van der Waals surface area contributed by atoms with Crippen LogP contribution in [0.25, 0.3) is 101 Å². The molecule has 1 aliphatic carbocycles. The summed E-state index contributed by atoms with van der Waals surface area (Å²) in [6, 6.07) is 91.7. The van der Waals surface area contributed by atoms with Crippen molar-refractivity contribution in [1.29, 1.82) is 0 Å². The molecule has 13 rings (SSSR count). The molecular weight excluding hydrogens is 1270 g/mol. The van der Waals surface area contributed by atoms with Gasteiger partial charge in [-0.25, -0.2) is 0 Å². The summed E-state index contributed by atoms with van der Waals surface area (Å²) in [5.41, 5.74) is 15.1. The van der Waals surface area contributed by atoms with Crippen LogP contribution in [0.3, 0.4) is 0 Å². The maximum absolute atomic E-state index is 15.1. The zero-order valence-electron chi connectivity index (χ0n) is 47.5. The van der Waals surface area contributed by atoms with E-state index in [4.69, 9.17) is 14.2 Å². The second-order valence-electron chi connectivity index (χ2n) is 21.3. The average Bonchev–Trinajstić information content (AvgIpc) is 2.45. The van der Waals surface area contributed by atoms with E-state index in [2.05, 4.69) is 33.2 Å². The van der Waals surface area contributed by atoms with Gasteiger partial charge in [-0.15, -0.1) is 71.3 Å². The Hall–Kier alpha value is -10.5. The van der Waals surface area contributed by atoms with E-state index >= 15 is 14.4 Å². The van der Waals surface area contributed by atoms with Gasteiger partial charge in [0.25, 0.3) is 17.9 Å². The third kappa shape index (κ3) is 13.1. The number of carbonyl (C=O) groups is 3. The molecule has 0 N–H and O–H groups in total. The second kappa shape index (κ2) is 26.8. The minimum absolute atomic E-state index is 0. The molecule has 1 fully saturated rings. The Morgan fingerprint density at radius 3 is 0.841 bits per heavy atom. The summed E-state index contributed by atoms with van der Waals surface area (Å²) in [6.07, 6.45) is 2.82. The van der Waals surface area contributed by atoms with Gasteiger partial charge in [-0.3, -0.25) is 14.4 Å². The molecule has 0 saturated heterocycles. The van der Waals surface area contributed by atoms with Crippen molar-refractivity contribution in [1.82, 2.24) is 15.0 Å². The number of aromatic nitrogens is 3. The Labute approximate surface area is 524 Å². The van der Waals surface area contributed by atoms with E-state index in [0.717, 1.165) is 50.1 Å². The van der Waals surface area contributed by atoms with Crippen LogP contribution in [0.15, 0.2) is 273 Å². The van der Waals surface area contributed by atoms with Crippen LogP contribution in [0.2, 0.25) is 0 Å². The van der Waals surface area contributed by atoms with Gasteiger partial charge in [0.15, 0.2) is 0 Å². The first kappa shape index (κ1) is 57.9. The van der Waals surface area contributed by atoms with Crippen LogP contribution in [0.4, 0.5) is 0 Å². The molecule has 0 spiro atoms. The van der Waals surface area contributed by atoms with Gasteiger partial charge in [-0.2, -0.15) is 0 Å². The van der Waals surface area contributed by atoms with Crippen LogP contribution in [-0.4, -0.2) is 51.2 Å². The van der Waals surface area contributed by atoms with E-state index in [1.807, 2.05) is 237 Å². The molecule has 0 radical (unpaired) electrons. The number of carbonyl (C=O) groups excluding carboxylic acids is 3. The molecule has 0 bridgehead atoms. The summed E-state index contributed by atoms with van der Waals surface area (Å²) in [5.74, 6) is -1.87. The fourth-order valence-electron chi connectivity index (χ4n) is 11.3. The molecule has 1 aliphatic rings. The molecule has 0 aliphatic heterocycles. The summed E-state index contributed by atoms with van der Waals surface area (Å²) in [5, 5.41) is 0. The summed E-state index contributed by atoms with van der Waals surface area (Å²) in [7, 11) is 0. The quantitative estimate of drug-likeness (QED) is 0.0562. The molecule has 9 aromatic carbocycles. The maximum Gasteiger partial charge on any atom is 3.00 e. The minimum Gasteiger partial charge on any atom is -0.465 e. The van der Waals surface area contributed by atoms with Crippen molar-refractivity contribution in [3.63, 3.8) is 0 Å². The van der Waals surface area contributed by atoms with Crippen LogP contribution in [-0.2, 0) is 34.3 Å². The van der Waals surface area contributed by atoms with Gasteiger partial charge in [0.2, 0.25) is 0 Å². The van der Waals surface area contributed by atoms with Gasteiger partial charge in [0.1, 0.15) is 18.3 Å². The molecule has 3 heterocycles. The first-order valence-corrected chi connectivity index (χ1v) is 28.9. The molecule has 0 atom stereocenters. The maximum atomic E-state index is 15.1. The fraction of sp³-hybridized carbons (Fsp3) is 0.0769. The van der Waals surface area contributed by atoms with E-state index in [1.165, 1.54) is 0 Å². The largest absolute Gasteiger partial charge is 3.00 e. The van der Waals surface area contributed by atoms with E-state index < -0.39 is 36.2 Å². The number of benzene rings is 9. The third-order valence-electron chi connectivity index (χ3n) is 15.6. The number of pyridine rings is 3. The first-order valence-electron chi connectivity index (χ1n) is 28.9. The van der Waals surface area contributed by atoms with Crippen LogP contribution >= 0.6 is 0 Å². The molecule has 0 amide bonds. The smallest absolute Gasteiger partial charge is 0.465 e. The SMILES string of the molecule is O=C(OC1CC(OC(=O)c2c[c-]c(-c3ccccn3)cc2-c2cccc(-c3ccccc3)c2)CC(OC(=O)c2c[c-]c(-c3ccccn3)cc2-c2cccc(-c3ccccc3)c2)C1)c1c[c-]c(-c2ccccn2)cc1-c1cccc(-c2ccccc2)c1.[Ir+3]. The fourth-order valence-corrected chi connectivity index (χ4v) is 11.3. The van der Waals surface area contributed by atoms with Crippen LogP contribution < -0.4 is 0 Å². The monoisotopic (exact) mass is 1320 g/mol. The second-order valence-corrected chi connectivity index (χ2v) is 21.3. The Morgan fingerprint density at radius 1 is 0.307 bits per heavy atom. The zero-order valence-corrected chi connectivity index (χ0v) is 49.9. The van der Waals surface area contributed by atoms with Crippen molar-refractivity contribution in [3.05, 3.63) is 308 Å². The van der Waals surface area contributed by atoms with Crippen molar-refractivity contribution in [2.24, 2.45) is 0 Å².